The Labute approximate surface area is 188 Å². The Kier molecular flexibility index (Phi) is 6.89. The topological polar surface area (TPSA) is 94.1 Å². The number of carbonyl (C=O) groups excluding carboxylic acids is 1. The molecule has 0 spiro atoms. The average Bonchev–Trinajstić information content (AvgIpc) is 2.76. The third kappa shape index (κ3) is 5.20. The molecule has 3 aromatic carbocycles. The molecule has 0 radical (unpaired) electrons. The summed E-state index contributed by atoms with van der Waals surface area (Å²) in [6.07, 6.45) is 0. The summed E-state index contributed by atoms with van der Waals surface area (Å²) >= 11 is 12.2. The summed E-state index contributed by atoms with van der Waals surface area (Å²) < 4.78 is 16.4. The van der Waals surface area contributed by atoms with Gasteiger partial charge in [0.15, 0.2) is 11.5 Å². The van der Waals surface area contributed by atoms with Crippen LogP contribution in [0.2, 0.25) is 10.0 Å². The number of rotatable bonds is 7. The third-order valence-electron chi connectivity index (χ3n) is 4.23. The second-order valence-electron chi connectivity index (χ2n) is 6.22. The molecule has 0 aliphatic carbocycles. The third-order valence-corrected chi connectivity index (χ3v) is 4.95. The van der Waals surface area contributed by atoms with Crippen molar-refractivity contribution in [2.75, 3.05) is 19.5 Å². The van der Waals surface area contributed by atoms with Crippen LogP contribution in [-0.2, 0) is 0 Å². The fourth-order valence-electron chi connectivity index (χ4n) is 2.70. The molecule has 0 bridgehead atoms. The maximum atomic E-state index is 12.9. The van der Waals surface area contributed by atoms with Crippen LogP contribution in [0.3, 0.4) is 0 Å². The molecule has 0 atom stereocenters. The van der Waals surface area contributed by atoms with E-state index in [4.69, 9.17) is 42.5 Å². The van der Waals surface area contributed by atoms with Crippen molar-refractivity contribution in [3.63, 3.8) is 0 Å². The van der Waals surface area contributed by atoms with Crippen LogP contribution in [0.4, 0.5) is 5.69 Å². The van der Waals surface area contributed by atoms with Crippen molar-refractivity contribution in [1.29, 1.82) is 0 Å². The molecular formula is C22H17Cl2NO6. The Morgan fingerprint density at radius 2 is 1.61 bits per heavy atom. The monoisotopic (exact) mass is 461 g/mol. The second-order valence-corrected chi connectivity index (χ2v) is 7.04. The van der Waals surface area contributed by atoms with Crippen LogP contribution in [0.15, 0.2) is 54.6 Å². The van der Waals surface area contributed by atoms with Crippen molar-refractivity contribution < 1.29 is 28.9 Å². The molecule has 160 valence electrons. The number of benzene rings is 3. The molecule has 0 aromatic heterocycles. The number of carbonyl (C=O) groups is 2. The Hall–Kier alpha value is -3.42. The van der Waals surface area contributed by atoms with Gasteiger partial charge in [-0.3, -0.25) is 4.79 Å². The van der Waals surface area contributed by atoms with Gasteiger partial charge in [-0.2, -0.15) is 0 Å². The Morgan fingerprint density at radius 3 is 2.29 bits per heavy atom. The summed E-state index contributed by atoms with van der Waals surface area (Å²) in [4.78, 5) is 24.1. The van der Waals surface area contributed by atoms with E-state index in [0.717, 1.165) is 0 Å². The van der Waals surface area contributed by atoms with Crippen LogP contribution in [0.5, 0.6) is 23.0 Å². The minimum absolute atomic E-state index is 0.0337. The first-order valence-electron chi connectivity index (χ1n) is 8.86. The standard InChI is InChI=1S/C22H17Cl2NO6/c1-29-14-6-7-18(20(9-14)30-2)31-19-11-17(24)16(23)10-15(19)21(26)25-13-5-3-4-12(8-13)22(27)28/h3-11H,1-2H3,(H,25,26)(H,27,28). The number of halogens is 2. The molecule has 1 amide bonds. The Morgan fingerprint density at radius 1 is 0.871 bits per heavy atom. The zero-order chi connectivity index (χ0) is 22.5. The first-order valence-corrected chi connectivity index (χ1v) is 9.61. The number of nitrogens with one attached hydrogen (secondary N) is 1. The summed E-state index contributed by atoms with van der Waals surface area (Å²) in [6, 6.07) is 13.5. The lowest BCUT2D eigenvalue weighted by Crippen LogP contribution is -2.14. The highest BCUT2D eigenvalue weighted by Gasteiger charge is 2.19. The van der Waals surface area contributed by atoms with Crippen molar-refractivity contribution >= 4 is 40.8 Å². The van der Waals surface area contributed by atoms with Crippen LogP contribution >= 0.6 is 23.2 Å². The molecular weight excluding hydrogens is 445 g/mol. The number of hydrogen-bond acceptors (Lipinski definition) is 5. The smallest absolute Gasteiger partial charge is 0.335 e. The maximum absolute atomic E-state index is 12.9. The zero-order valence-corrected chi connectivity index (χ0v) is 18.0. The van der Waals surface area contributed by atoms with Gasteiger partial charge in [0.1, 0.15) is 11.5 Å². The summed E-state index contributed by atoms with van der Waals surface area (Å²) in [5.41, 5.74) is 0.420. The highest BCUT2D eigenvalue weighted by molar-refractivity contribution is 6.42. The molecule has 7 nitrogen and oxygen atoms in total. The molecule has 0 aliphatic rings. The lowest BCUT2D eigenvalue weighted by molar-refractivity contribution is 0.0696. The highest BCUT2D eigenvalue weighted by atomic mass is 35.5. The van der Waals surface area contributed by atoms with Crippen molar-refractivity contribution in [2.45, 2.75) is 0 Å². The number of carboxylic acid groups (broad SMARTS) is 1. The van der Waals surface area contributed by atoms with E-state index in [-0.39, 0.29) is 26.9 Å². The second kappa shape index (κ2) is 9.59. The van der Waals surface area contributed by atoms with E-state index in [1.165, 1.54) is 44.6 Å². The van der Waals surface area contributed by atoms with Gasteiger partial charge < -0.3 is 24.6 Å². The van der Waals surface area contributed by atoms with Gasteiger partial charge in [0.05, 0.1) is 35.4 Å². The van der Waals surface area contributed by atoms with E-state index in [1.54, 1.807) is 24.3 Å². The number of hydrogen-bond donors (Lipinski definition) is 2. The van der Waals surface area contributed by atoms with Crippen molar-refractivity contribution in [1.82, 2.24) is 0 Å². The van der Waals surface area contributed by atoms with Crippen molar-refractivity contribution in [3.8, 4) is 23.0 Å². The first kappa shape index (κ1) is 22.3. The van der Waals surface area contributed by atoms with E-state index >= 15 is 0 Å². The van der Waals surface area contributed by atoms with E-state index in [9.17, 15) is 9.59 Å². The number of methoxy groups -OCH3 is 2. The molecule has 3 aromatic rings. The fraction of sp³-hybridized carbons (Fsp3) is 0.0909. The lowest BCUT2D eigenvalue weighted by Gasteiger charge is -2.15. The molecule has 0 saturated heterocycles. The van der Waals surface area contributed by atoms with Crippen LogP contribution < -0.4 is 19.5 Å². The molecule has 0 aliphatic heterocycles. The number of carboxylic acids is 1. The summed E-state index contributed by atoms with van der Waals surface area (Å²) in [5, 5.41) is 12.1. The SMILES string of the molecule is COc1ccc(Oc2cc(Cl)c(Cl)cc2C(=O)Nc2cccc(C(=O)O)c2)c(OC)c1. The number of ether oxygens (including phenoxy) is 3. The minimum Gasteiger partial charge on any atom is -0.497 e. The fourth-order valence-corrected chi connectivity index (χ4v) is 3.01. The van der Waals surface area contributed by atoms with E-state index in [2.05, 4.69) is 5.32 Å². The molecule has 2 N–H and O–H groups in total. The minimum atomic E-state index is -1.11. The first-order chi connectivity index (χ1) is 14.8. The normalized spacial score (nSPS) is 10.3. The predicted octanol–water partition coefficient (Wildman–Crippen LogP) is 5.75. The predicted molar refractivity (Wildman–Crippen MR) is 117 cm³/mol. The molecule has 0 unspecified atom stereocenters. The highest BCUT2D eigenvalue weighted by Crippen LogP contribution is 2.38. The average molecular weight is 462 g/mol. The zero-order valence-electron chi connectivity index (χ0n) is 16.4. The largest absolute Gasteiger partial charge is 0.497 e. The van der Waals surface area contributed by atoms with E-state index in [0.29, 0.717) is 22.9 Å². The van der Waals surface area contributed by atoms with Gasteiger partial charge in [0.2, 0.25) is 0 Å². The molecule has 3 rings (SSSR count). The molecule has 0 heterocycles. The van der Waals surface area contributed by atoms with Crippen LogP contribution in [-0.4, -0.2) is 31.2 Å². The Balaban J connectivity index is 1.96. The van der Waals surface area contributed by atoms with E-state index in [1.807, 2.05) is 0 Å². The van der Waals surface area contributed by atoms with Gasteiger partial charge in [-0.25, -0.2) is 4.79 Å². The van der Waals surface area contributed by atoms with Gasteiger partial charge in [0, 0.05) is 17.8 Å². The molecule has 0 saturated carbocycles. The Bertz CT molecular complexity index is 1150. The maximum Gasteiger partial charge on any atom is 0.335 e. The lowest BCUT2D eigenvalue weighted by atomic mass is 10.1. The summed E-state index contributed by atoms with van der Waals surface area (Å²) in [5.74, 6) is -0.279. The summed E-state index contributed by atoms with van der Waals surface area (Å²) in [7, 11) is 3.00. The van der Waals surface area contributed by atoms with Gasteiger partial charge in [-0.1, -0.05) is 29.3 Å². The van der Waals surface area contributed by atoms with Crippen LogP contribution in [0.25, 0.3) is 0 Å². The number of anilines is 1. The van der Waals surface area contributed by atoms with Crippen molar-refractivity contribution in [2.24, 2.45) is 0 Å². The van der Waals surface area contributed by atoms with Gasteiger partial charge in [-0.15, -0.1) is 0 Å². The molecule has 31 heavy (non-hydrogen) atoms. The quantitative estimate of drug-likeness (QED) is 0.464. The van der Waals surface area contributed by atoms with Crippen molar-refractivity contribution in [3.05, 3.63) is 75.8 Å². The van der Waals surface area contributed by atoms with Gasteiger partial charge in [-0.05, 0) is 36.4 Å². The number of amides is 1. The van der Waals surface area contributed by atoms with Crippen LogP contribution in [0.1, 0.15) is 20.7 Å². The van der Waals surface area contributed by atoms with Crippen LogP contribution in [0, 0.1) is 0 Å². The summed E-state index contributed by atoms with van der Waals surface area (Å²) in [6.45, 7) is 0. The van der Waals surface area contributed by atoms with Gasteiger partial charge in [0.25, 0.3) is 5.91 Å². The number of aromatic carboxylic acids is 1. The van der Waals surface area contributed by atoms with E-state index < -0.39 is 11.9 Å². The van der Waals surface area contributed by atoms with Gasteiger partial charge >= 0.3 is 5.97 Å². The molecule has 9 heteroatoms. The molecule has 0 fully saturated rings.